The van der Waals surface area contributed by atoms with Crippen LogP contribution in [0.3, 0.4) is 0 Å². The average molecular weight is 335 g/mol. The second-order valence-electron chi connectivity index (χ2n) is 6.80. The third-order valence-electron chi connectivity index (χ3n) is 4.68. The van der Waals surface area contributed by atoms with E-state index in [0.717, 1.165) is 32.4 Å². The average Bonchev–Trinajstić information content (AvgIpc) is 3.27. The van der Waals surface area contributed by atoms with E-state index < -0.39 is 0 Å². The van der Waals surface area contributed by atoms with Crippen molar-refractivity contribution in [2.75, 3.05) is 13.1 Å². The van der Waals surface area contributed by atoms with E-state index in [9.17, 15) is 4.79 Å². The van der Waals surface area contributed by atoms with Gasteiger partial charge in [0.2, 0.25) is 5.89 Å². The number of unbranched alkanes of at least 4 members (excludes halogenated alkanes) is 8. The summed E-state index contributed by atoms with van der Waals surface area (Å²) in [7, 11) is 0. The fraction of sp³-hybridized carbons (Fsp3) is 0.789. The Labute approximate surface area is 146 Å². The summed E-state index contributed by atoms with van der Waals surface area (Å²) in [5, 5.41) is 6.26. The summed E-state index contributed by atoms with van der Waals surface area (Å²) >= 11 is 0. The minimum atomic E-state index is -0.123. The van der Waals surface area contributed by atoms with Crippen LogP contribution >= 0.6 is 0 Å². The van der Waals surface area contributed by atoms with E-state index >= 15 is 0 Å². The van der Waals surface area contributed by atoms with Gasteiger partial charge in [-0.1, -0.05) is 58.3 Å². The molecule has 0 aliphatic carbocycles. The van der Waals surface area contributed by atoms with Crippen molar-refractivity contribution in [3.63, 3.8) is 0 Å². The van der Waals surface area contributed by atoms with Crippen molar-refractivity contribution in [1.29, 1.82) is 0 Å². The van der Waals surface area contributed by atoms with Crippen molar-refractivity contribution in [3.05, 3.63) is 17.8 Å². The van der Waals surface area contributed by atoms with E-state index in [2.05, 4.69) is 22.5 Å². The van der Waals surface area contributed by atoms with E-state index in [4.69, 9.17) is 4.42 Å². The van der Waals surface area contributed by atoms with Crippen LogP contribution in [0.4, 0.5) is 0 Å². The Bertz CT molecular complexity index is 467. The Morgan fingerprint density at radius 1 is 1.21 bits per heavy atom. The topological polar surface area (TPSA) is 67.2 Å². The van der Waals surface area contributed by atoms with Crippen molar-refractivity contribution in [2.45, 2.75) is 83.6 Å². The van der Waals surface area contributed by atoms with Crippen LogP contribution in [-0.2, 0) is 0 Å². The maximum absolute atomic E-state index is 12.1. The summed E-state index contributed by atoms with van der Waals surface area (Å²) < 4.78 is 5.43. The number of hydrogen-bond acceptors (Lipinski definition) is 4. The molecule has 136 valence electrons. The van der Waals surface area contributed by atoms with E-state index in [1.165, 1.54) is 57.6 Å². The molecule has 24 heavy (non-hydrogen) atoms. The van der Waals surface area contributed by atoms with Gasteiger partial charge in [-0.3, -0.25) is 4.79 Å². The number of rotatable bonds is 12. The number of amides is 1. The van der Waals surface area contributed by atoms with Crippen LogP contribution in [0.25, 0.3) is 0 Å². The Morgan fingerprint density at radius 2 is 1.92 bits per heavy atom. The molecule has 2 heterocycles. The van der Waals surface area contributed by atoms with Gasteiger partial charge in [0.05, 0.1) is 6.04 Å². The molecule has 0 saturated carbocycles. The Morgan fingerprint density at radius 3 is 2.58 bits per heavy atom. The van der Waals surface area contributed by atoms with Gasteiger partial charge in [-0.2, -0.15) is 0 Å². The van der Waals surface area contributed by atoms with Crippen molar-refractivity contribution < 1.29 is 9.21 Å². The monoisotopic (exact) mass is 335 g/mol. The molecule has 0 bridgehead atoms. The van der Waals surface area contributed by atoms with E-state index in [1.54, 1.807) is 0 Å². The first kappa shape index (κ1) is 19.0. The summed E-state index contributed by atoms with van der Waals surface area (Å²) in [4.78, 5) is 16.4. The highest BCUT2D eigenvalue weighted by Crippen LogP contribution is 2.22. The molecule has 1 saturated heterocycles. The lowest BCUT2D eigenvalue weighted by Crippen LogP contribution is -2.25. The predicted molar refractivity (Wildman–Crippen MR) is 96.0 cm³/mol. The minimum Gasteiger partial charge on any atom is -0.446 e. The Kier molecular flexibility index (Phi) is 8.88. The summed E-state index contributed by atoms with van der Waals surface area (Å²) in [6.07, 6.45) is 15.2. The zero-order valence-electron chi connectivity index (χ0n) is 15.1. The molecule has 1 amide bonds. The van der Waals surface area contributed by atoms with Gasteiger partial charge >= 0.3 is 0 Å². The van der Waals surface area contributed by atoms with Crippen molar-refractivity contribution in [1.82, 2.24) is 15.6 Å². The Hall–Kier alpha value is -1.36. The molecule has 0 spiro atoms. The van der Waals surface area contributed by atoms with Crippen LogP contribution in [0.2, 0.25) is 0 Å². The van der Waals surface area contributed by atoms with Crippen LogP contribution in [0.1, 0.15) is 100.0 Å². The highest BCUT2D eigenvalue weighted by atomic mass is 16.3. The molecular formula is C19H33N3O2. The standard InChI is InChI=1S/C19H33N3O2/c1-2-3-4-5-6-7-8-9-10-13-21-18(23)17-15-24-19(22-17)16-12-11-14-20-16/h15-16,20H,2-14H2,1H3,(H,21,23). The van der Waals surface area contributed by atoms with Gasteiger partial charge in [-0.15, -0.1) is 0 Å². The van der Waals surface area contributed by atoms with Crippen LogP contribution in [-0.4, -0.2) is 24.0 Å². The molecule has 1 aliphatic rings. The number of hydrogen-bond donors (Lipinski definition) is 2. The van der Waals surface area contributed by atoms with Crippen molar-refractivity contribution >= 4 is 5.91 Å². The molecular weight excluding hydrogens is 302 g/mol. The van der Waals surface area contributed by atoms with Gasteiger partial charge < -0.3 is 15.1 Å². The maximum atomic E-state index is 12.1. The molecule has 1 aliphatic heterocycles. The van der Waals surface area contributed by atoms with Gasteiger partial charge in [0.15, 0.2) is 5.69 Å². The third-order valence-corrected chi connectivity index (χ3v) is 4.68. The molecule has 0 aromatic carbocycles. The largest absolute Gasteiger partial charge is 0.446 e. The highest BCUT2D eigenvalue weighted by Gasteiger charge is 2.22. The van der Waals surface area contributed by atoms with Gasteiger partial charge in [-0.05, 0) is 25.8 Å². The molecule has 1 aromatic rings. The van der Waals surface area contributed by atoms with Crippen LogP contribution in [0.15, 0.2) is 10.7 Å². The van der Waals surface area contributed by atoms with Gasteiger partial charge in [-0.25, -0.2) is 4.98 Å². The molecule has 5 nitrogen and oxygen atoms in total. The smallest absolute Gasteiger partial charge is 0.273 e. The first-order valence-corrected chi connectivity index (χ1v) is 9.78. The number of nitrogens with one attached hydrogen (secondary N) is 2. The fourth-order valence-electron chi connectivity index (χ4n) is 3.18. The van der Waals surface area contributed by atoms with Gasteiger partial charge in [0.25, 0.3) is 5.91 Å². The summed E-state index contributed by atoms with van der Waals surface area (Å²) in [6.45, 7) is 3.96. The molecule has 1 atom stereocenters. The van der Waals surface area contributed by atoms with Gasteiger partial charge in [0.1, 0.15) is 6.26 Å². The van der Waals surface area contributed by atoms with Gasteiger partial charge in [0, 0.05) is 6.54 Å². The summed E-state index contributed by atoms with van der Waals surface area (Å²) in [6, 6.07) is 0.170. The lowest BCUT2D eigenvalue weighted by molar-refractivity contribution is 0.0948. The third kappa shape index (κ3) is 6.63. The fourth-order valence-corrected chi connectivity index (χ4v) is 3.18. The molecule has 1 unspecified atom stereocenters. The quantitative estimate of drug-likeness (QED) is 0.557. The molecule has 2 N–H and O–H groups in total. The van der Waals surface area contributed by atoms with E-state index in [0.29, 0.717) is 11.6 Å². The van der Waals surface area contributed by atoms with Crippen molar-refractivity contribution in [3.8, 4) is 0 Å². The number of oxazole rings is 1. The molecule has 0 radical (unpaired) electrons. The number of aromatic nitrogens is 1. The molecule has 5 heteroatoms. The first-order chi connectivity index (χ1) is 11.8. The zero-order chi connectivity index (χ0) is 17.0. The second kappa shape index (κ2) is 11.2. The number of carbonyl (C=O) groups is 1. The van der Waals surface area contributed by atoms with Crippen LogP contribution in [0, 0.1) is 0 Å². The van der Waals surface area contributed by atoms with E-state index in [1.807, 2.05) is 0 Å². The normalized spacial score (nSPS) is 17.3. The van der Waals surface area contributed by atoms with E-state index in [-0.39, 0.29) is 11.9 Å². The van der Waals surface area contributed by atoms with Crippen molar-refractivity contribution in [2.24, 2.45) is 0 Å². The molecule has 1 aromatic heterocycles. The van der Waals surface area contributed by atoms with Crippen LogP contribution < -0.4 is 10.6 Å². The summed E-state index contributed by atoms with van der Waals surface area (Å²) in [5.41, 5.74) is 0.398. The minimum absolute atomic E-state index is 0.123. The number of nitrogens with zero attached hydrogens (tertiary/aromatic N) is 1. The lowest BCUT2D eigenvalue weighted by atomic mass is 10.1. The predicted octanol–water partition coefficient (Wildman–Crippen LogP) is 4.36. The SMILES string of the molecule is CCCCCCCCCCCNC(=O)c1coc(C2CCCN2)n1. The van der Waals surface area contributed by atoms with Crippen LogP contribution in [0.5, 0.6) is 0 Å². The first-order valence-electron chi connectivity index (χ1n) is 9.78. The summed E-state index contributed by atoms with van der Waals surface area (Å²) in [5.74, 6) is 0.517. The maximum Gasteiger partial charge on any atom is 0.273 e. The zero-order valence-corrected chi connectivity index (χ0v) is 15.1. The Balaban J connectivity index is 1.50. The second-order valence-corrected chi connectivity index (χ2v) is 6.80. The lowest BCUT2D eigenvalue weighted by Gasteiger charge is -2.04. The molecule has 2 rings (SSSR count). The number of carbonyl (C=O) groups excluding carboxylic acids is 1. The molecule has 1 fully saturated rings. The highest BCUT2D eigenvalue weighted by molar-refractivity contribution is 5.91.